The van der Waals surface area contributed by atoms with E-state index >= 15 is 0 Å². The lowest BCUT2D eigenvalue weighted by atomic mass is 10.2. The molecule has 12 heavy (non-hydrogen) atoms. The summed E-state index contributed by atoms with van der Waals surface area (Å²) in [6.45, 7) is 0. The minimum atomic E-state index is -2.92. The molecule has 1 saturated heterocycles. The van der Waals surface area contributed by atoms with Gasteiger partial charge in [-0.05, 0) is 18.3 Å². The summed E-state index contributed by atoms with van der Waals surface area (Å²) in [5, 5.41) is 8.66. The van der Waals surface area contributed by atoms with Gasteiger partial charge in [0.15, 0.2) is 9.84 Å². The molecule has 2 fully saturated rings. The van der Waals surface area contributed by atoms with Crippen LogP contribution >= 0.6 is 0 Å². The summed E-state index contributed by atoms with van der Waals surface area (Å²) in [6.07, 6.45) is 0.546. The summed E-state index contributed by atoms with van der Waals surface area (Å²) in [6, 6.07) is 0. The van der Waals surface area contributed by atoms with Crippen molar-refractivity contribution in [3.63, 3.8) is 0 Å². The molecule has 3 unspecified atom stereocenters. The highest BCUT2D eigenvalue weighted by Crippen LogP contribution is 2.52. The Hall–Kier alpha value is -0.580. The average molecular weight is 190 g/mol. The van der Waals surface area contributed by atoms with Crippen molar-refractivity contribution in [1.82, 2.24) is 0 Å². The van der Waals surface area contributed by atoms with E-state index in [0.717, 1.165) is 0 Å². The van der Waals surface area contributed by atoms with E-state index in [1.54, 1.807) is 0 Å². The van der Waals surface area contributed by atoms with Gasteiger partial charge in [0, 0.05) is 0 Å². The van der Waals surface area contributed by atoms with Crippen LogP contribution in [0.5, 0.6) is 0 Å². The van der Waals surface area contributed by atoms with Crippen molar-refractivity contribution in [2.75, 3.05) is 11.5 Å². The van der Waals surface area contributed by atoms with Crippen molar-refractivity contribution >= 4 is 15.8 Å². The molecule has 1 aliphatic carbocycles. The van der Waals surface area contributed by atoms with Gasteiger partial charge in [-0.1, -0.05) is 0 Å². The predicted octanol–water partition coefficient (Wildman–Crippen LogP) is -0.248. The Balaban J connectivity index is 2.12. The maximum Gasteiger partial charge on any atom is 0.307 e. The molecule has 0 bridgehead atoms. The van der Waals surface area contributed by atoms with Crippen LogP contribution in [0.1, 0.15) is 6.42 Å². The second kappa shape index (κ2) is 2.22. The first-order valence-corrected chi connectivity index (χ1v) is 5.76. The van der Waals surface area contributed by atoms with Crippen LogP contribution in [0.25, 0.3) is 0 Å². The zero-order valence-corrected chi connectivity index (χ0v) is 7.25. The highest BCUT2D eigenvalue weighted by molar-refractivity contribution is 7.91. The second-order valence-electron chi connectivity index (χ2n) is 3.59. The van der Waals surface area contributed by atoms with Crippen molar-refractivity contribution in [3.8, 4) is 0 Å². The van der Waals surface area contributed by atoms with E-state index in [0.29, 0.717) is 6.42 Å². The van der Waals surface area contributed by atoms with Gasteiger partial charge in [0.1, 0.15) is 0 Å². The van der Waals surface area contributed by atoms with E-state index < -0.39 is 15.8 Å². The fourth-order valence-corrected chi connectivity index (χ4v) is 3.96. The molecule has 68 valence electrons. The van der Waals surface area contributed by atoms with E-state index in [2.05, 4.69) is 0 Å². The fraction of sp³-hybridized carbons (Fsp3) is 0.857. The molecule has 0 aromatic heterocycles. The molecule has 0 radical (unpaired) electrons. The maximum atomic E-state index is 11.1. The van der Waals surface area contributed by atoms with Crippen molar-refractivity contribution < 1.29 is 18.3 Å². The number of carboxylic acids is 1. The third-order valence-corrected chi connectivity index (χ3v) is 4.58. The number of hydrogen-bond donors (Lipinski definition) is 1. The minimum Gasteiger partial charge on any atom is -0.481 e. The van der Waals surface area contributed by atoms with Crippen molar-refractivity contribution in [1.29, 1.82) is 0 Å². The van der Waals surface area contributed by atoms with E-state index in [-0.39, 0.29) is 29.3 Å². The molecule has 2 rings (SSSR count). The first-order valence-electron chi connectivity index (χ1n) is 3.94. The SMILES string of the molecule is O=C(O)C1C2CCS(=O)(=O)CC21. The van der Waals surface area contributed by atoms with Gasteiger partial charge in [-0.25, -0.2) is 8.42 Å². The highest BCUT2D eigenvalue weighted by atomic mass is 32.2. The summed E-state index contributed by atoms with van der Waals surface area (Å²) < 4.78 is 22.1. The highest BCUT2D eigenvalue weighted by Gasteiger charge is 2.58. The number of hydrogen-bond acceptors (Lipinski definition) is 3. The van der Waals surface area contributed by atoms with Crippen LogP contribution in [0, 0.1) is 17.8 Å². The molecule has 0 aromatic rings. The smallest absolute Gasteiger partial charge is 0.307 e. The van der Waals surface area contributed by atoms with Crippen LogP contribution in [0.4, 0.5) is 0 Å². The topological polar surface area (TPSA) is 71.4 Å². The second-order valence-corrected chi connectivity index (χ2v) is 5.82. The molecule has 2 aliphatic rings. The molecule has 0 amide bonds. The number of rotatable bonds is 1. The summed E-state index contributed by atoms with van der Waals surface area (Å²) in [5.41, 5.74) is 0. The Bertz CT molecular complexity index is 318. The summed E-state index contributed by atoms with van der Waals surface area (Å²) >= 11 is 0. The number of carbonyl (C=O) groups is 1. The summed E-state index contributed by atoms with van der Waals surface area (Å²) in [4.78, 5) is 10.5. The largest absolute Gasteiger partial charge is 0.481 e. The molecular formula is C7H10O4S. The first-order chi connectivity index (χ1) is 5.51. The quantitative estimate of drug-likeness (QED) is 0.619. The Morgan fingerprint density at radius 2 is 2.00 bits per heavy atom. The third-order valence-electron chi connectivity index (χ3n) is 2.83. The van der Waals surface area contributed by atoms with Gasteiger partial charge < -0.3 is 5.11 Å². The lowest BCUT2D eigenvalue weighted by Crippen LogP contribution is -2.18. The molecule has 5 heteroatoms. The summed E-state index contributed by atoms with van der Waals surface area (Å²) in [7, 11) is -2.92. The van der Waals surface area contributed by atoms with Gasteiger partial charge in [-0.2, -0.15) is 0 Å². The molecule has 0 aromatic carbocycles. The normalized spacial score (nSPS) is 43.2. The Labute approximate surface area is 70.5 Å². The van der Waals surface area contributed by atoms with Crippen LogP contribution in [-0.2, 0) is 14.6 Å². The fourth-order valence-electron chi connectivity index (χ4n) is 2.12. The van der Waals surface area contributed by atoms with E-state index in [1.807, 2.05) is 0 Å². The van der Waals surface area contributed by atoms with Crippen LogP contribution in [0.15, 0.2) is 0 Å². The van der Waals surface area contributed by atoms with Gasteiger partial charge in [0.2, 0.25) is 0 Å². The van der Waals surface area contributed by atoms with Crippen LogP contribution in [-0.4, -0.2) is 31.0 Å². The maximum absolute atomic E-state index is 11.1. The average Bonchev–Trinajstić information content (AvgIpc) is 2.58. The van der Waals surface area contributed by atoms with Crippen molar-refractivity contribution in [3.05, 3.63) is 0 Å². The molecule has 3 atom stereocenters. The summed E-state index contributed by atoms with van der Waals surface area (Å²) in [5.74, 6) is -0.872. The Morgan fingerprint density at radius 3 is 2.50 bits per heavy atom. The molecule has 1 N–H and O–H groups in total. The Morgan fingerprint density at radius 1 is 1.33 bits per heavy atom. The molecule has 1 aliphatic heterocycles. The number of fused-ring (bicyclic) bond motifs is 1. The molecule has 1 heterocycles. The van der Waals surface area contributed by atoms with Crippen molar-refractivity contribution in [2.45, 2.75) is 6.42 Å². The van der Waals surface area contributed by atoms with E-state index in [4.69, 9.17) is 5.11 Å². The Kier molecular flexibility index (Phi) is 1.49. The lowest BCUT2D eigenvalue weighted by Gasteiger charge is -2.07. The lowest BCUT2D eigenvalue weighted by molar-refractivity contribution is -0.139. The third kappa shape index (κ3) is 1.12. The van der Waals surface area contributed by atoms with Crippen LogP contribution < -0.4 is 0 Å². The van der Waals surface area contributed by atoms with Gasteiger partial charge in [0.05, 0.1) is 17.4 Å². The van der Waals surface area contributed by atoms with Gasteiger partial charge in [-0.3, -0.25) is 4.79 Å². The van der Waals surface area contributed by atoms with E-state index in [1.165, 1.54) is 0 Å². The number of sulfone groups is 1. The standard InChI is InChI=1S/C7H10O4S/c8-7(9)6-4-1-2-12(10,11)3-5(4)6/h4-6H,1-3H2,(H,8,9). The van der Waals surface area contributed by atoms with Crippen LogP contribution in [0.3, 0.4) is 0 Å². The minimum absolute atomic E-state index is 0.0822. The molecule has 4 nitrogen and oxygen atoms in total. The van der Waals surface area contributed by atoms with Crippen LogP contribution in [0.2, 0.25) is 0 Å². The molecule has 0 spiro atoms. The van der Waals surface area contributed by atoms with Crippen molar-refractivity contribution in [2.24, 2.45) is 17.8 Å². The zero-order chi connectivity index (χ0) is 8.93. The predicted molar refractivity (Wildman–Crippen MR) is 41.4 cm³/mol. The number of aliphatic carboxylic acids is 1. The van der Waals surface area contributed by atoms with Gasteiger partial charge >= 0.3 is 5.97 Å². The monoisotopic (exact) mass is 190 g/mol. The van der Waals surface area contributed by atoms with Gasteiger partial charge in [0.25, 0.3) is 0 Å². The number of carboxylic acid groups (broad SMARTS) is 1. The molecule has 1 saturated carbocycles. The first kappa shape index (κ1) is 8.04. The molecular weight excluding hydrogens is 180 g/mol. The van der Waals surface area contributed by atoms with Gasteiger partial charge in [-0.15, -0.1) is 0 Å². The zero-order valence-electron chi connectivity index (χ0n) is 6.43. The van der Waals surface area contributed by atoms with E-state index in [9.17, 15) is 13.2 Å².